The van der Waals surface area contributed by atoms with E-state index in [1.54, 1.807) is 24.4 Å². The molecule has 1 amide bonds. The summed E-state index contributed by atoms with van der Waals surface area (Å²) < 4.78 is 0. The minimum atomic E-state index is -0.237. The van der Waals surface area contributed by atoms with Crippen molar-refractivity contribution < 1.29 is 9.90 Å². The fraction of sp³-hybridized carbons (Fsp3) is 0.600. The SMILES string of the molecule is CC12CC3CC(C)(C1)CC(C(=O)N/N=C/c1cccc(O)c1)(C3)C2. The van der Waals surface area contributed by atoms with Gasteiger partial charge in [-0.25, -0.2) is 5.43 Å². The number of nitrogens with zero attached hydrogens (tertiary/aromatic N) is 1. The van der Waals surface area contributed by atoms with Gasteiger partial charge in [0.1, 0.15) is 5.75 Å². The molecule has 2 N–H and O–H groups in total. The molecule has 2 atom stereocenters. The number of phenolic OH excluding ortho intramolecular Hbond substituents is 1. The fourth-order valence-electron chi connectivity index (χ4n) is 6.59. The van der Waals surface area contributed by atoms with Crippen molar-refractivity contribution in [2.24, 2.45) is 27.3 Å². The molecule has 0 aromatic heterocycles. The summed E-state index contributed by atoms with van der Waals surface area (Å²) in [5.74, 6) is 0.977. The largest absolute Gasteiger partial charge is 0.508 e. The standard InChI is InChI=1S/C20H26N2O2/c1-18-7-15-8-19(2,11-18)13-20(9-15,12-18)17(24)22-21-10-14-4-3-5-16(23)6-14/h3-6,10,15,23H,7-9,11-13H2,1-2H3,(H,22,24)/b21-10+. The number of carbonyl (C=O) groups excluding carboxylic acids is 1. The van der Waals surface area contributed by atoms with Crippen LogP contribution in [0.2, 0.25) is 0 Å². The third kappa shape index (κ3) is 2.62. The van der Waals surface area contributed by atoms with Gasteiger partial charge >= 0.3 is 0 Å². The monoisotopic (exact) mass is 326 g/mol. The van der Waals surface area contributed by atoms with Crippen LogP contribution in [0.15, 0.2) is 29.4 Å². The number of phenols is 1. The molecule has 4 bridgehead atoms. The Morgan fingerprint density at radius 3 is 2.54 bits per heavy atom. The van der Waals surface area contributed by atoms with Gasteiger partial charge in [0.25, 0.3) is 0 Å². The van der Waals surface area contributed by atoms with Crippen LogP contribution in [0.5, 0.6) is 5.75 Å². The van der Waals surface area contributed by atoms with Gasteiger partial charge in [-0.15, -0.1) is 0 Å². The zero-order valence-electron chi connectivity index (χ0n) is 14.5. The molecule has 4 nitrogen and oxygen atoms in total. The normalized spacial score (nSPS) is 40.2. The molecule has 128 valence electrons. The van der Waals surface area contributed by atoms with Gasteiger partial charge in [0.2, 0.25) is 5.91 Å². The smallest absolute Gasteiger partial charge is 0.246 e. The van der Waals surface area contributed by atoms with Crippen LogP contribution in [0.1, 0.15) is 57.9 Å². The quantitative estimate of drug-likeness (QED) is 0.655. The highest BCUT2D eigenvalue weighted by atomic mass is 16.3. The molecular formula is C20H26N2O2. The van der Waals surface area contributed by atoms with Crippen molar-refractivity contribution in [2.45, 2.75) is 52.4 Å². The summed E-state index contributed by atoms with van der Waals surface area (Å²) in [5.41, 5.74) is 3.97. The molecule has 4 aliphatic rings. The lowest BCUT2D eigenvalue weighted by Crippen LogP contribution is -2.59. The van der Waals surface area contributed by atoms with E-state index in [0.29, 0.717) is 16.7 Å². The maximum absolute atomic E-state index is 13.0. The first kappa shape index (κ1) is 15.7. The molecule has 0 spiro atoms. The Hall–Kier alpha value is -1.84. The predicted molar refractivity (Wildman–Crippen MR) is 93.7 cm³/mol. The van der Waals surface area contributed by atoms with Crippen molar-refractivity contribution in [3.63, 3.8) is 0 Å². The Labute approximate surface area is 143 Å². The second kappa shape index (κ2) is 5.08. The van der Waals surface area contributed by atoms with Gasteiger partial charge in [-0.3, -0.25) is 4.79 Å². The molecule has 0 radical (unpaired) electrons. The summed E-state index contributed by atoms with van der Waals surface area (Å²) in [7, 11) is 0. The van der Waals surface area contributed by atoms with Crippen LogP contribution in [0, 0.1) is 22.2 Å². The van der Waals surface area contributed by atoms with Crippen LogP contribution < -0.4 is 5.43 Å². The average molecular weight is 326 g/mol. The molecule has 0 saturated heterocycles. The molecule has 4 heteroatoms. The van der Waals surface area contributed by atoms with E-state index in [9.17, 15) is 9.90 Å². The predicted octanol–water partition coefficient (Wildman–Crippen LogP) is 3.84. The maximum Gasteiger partial charge on any atom is 0.246 e. The topological polar surface area (TPSA) is 61.7 Å². The maximum atomic E-state index is 13.0. The van der Waals surface area contributed by atoms with E-state index in [1.165, 1.54) is 19.3 Å². The van der Waals surface area contributed by atoms with Crippen LogP contribution >= 0.6 is 0 Å². The first-order valence-corrected chi connectivity index (χ1v) is 8.93. The van der Waals surface area contributed by atoms with Crippen LogP contribution in [0.25, 0.3) is 0 Å². The van der Waals surface area contributed by atoms with Crippen LogP contribution in [-0.2, 0) is 4.79 Å². The molecule has 24 heavy (non-hydrogen) atoms. The second-order valence-electron chi connectivity index (χ2n) is 9.20. The Morgan fingerprint density at radius 2 is 1.92 bits per heavy atom. The van der Waals surface area contributed by atoms with Gasteiger partial charge in [0, 0.05) is 0 Å². The summed E-state index contributed by atoms with van der Waals surface area (Å²) in [6.45, 7) is 4.74. The van der Waals surface area contributed by atoms with E-state index >= 15 is 0 Å². The molecule has 2 unspecified atom stereocenters. The molecule has 4 saturated carbocycles. The van der Waals surface area contributed by atoms with Crippen molar-refractivity contribution in [1.82, 2.24) is 5.43 Å². The molecule has 4 fully saturated rings. The lowest BCUT2D eigenvalue weighted by atomic mass is 9.40. The van der Waals surface area contributed by atoms with E-state index in [-0.39, 0.29) is 17.1 Å². The highest BCUT2D eigenvalue weighted by molar-refractivity contribution is 5.86. The number of hydrogen-bond donors (Lipinski definition) is 2. The van der Waals surface area contributed by atoms with Crippen molar-refractivity contribution in [3.8, 4) is 5.75 Å². The Bertz CT molecular complexity index is 693. The number of nitrogens with one attached hydrogen (secondary N) is 1. The molecule has 4 aliphatic carbocycles. The minimum Gasteiger partial charge on any atom is -0.508 e. The van der Waals surface area contributed by atoms with E-state index in [4.69, 9.17) is 0 Å². The molecule has 5 rings (SSSR count). The minimum absolute atomic E-state index is 0.0838. The molecule has 0 heterocycles. The van der Waals surface area contributed by atoms with E-state index in [2.05, 4.69) is 24.4 Å². The van der Waals surface area contributed by atoms with Gasteiger partial charge in [0.05, 0.1) is 11.6 Å². The molecule has 1 aromatic carbocycles. The number of aromatic hydroxyl groups is 1. The number of rotatable bonds is 3. The third-order valence-electron chi connectivity index (χ3n) is 6.36. The van der Waals surface area contributed by atoms with E-state index in [0.717, 1.165) is 24.8 Å². The summed E-state index contributed by atoms with van der Waals surface area (Å²) >= 11 is 0. The van der Waals surface area contributed by atoms with Crippen LogP contribution in [0.4, 0.5) is 0 Å². The van der Waals surface area contributed by atoms with Gasteiger partial charge in [-0.1, -0.05) is 26.0 Å². The number of amides is 1. The lowest BCUT2D eigenvalue weighted by molar-refractivity contribution is -0.170. The third-order valence-corrected chi connectivity index (χ3v) is 6.36. The van der Waals surface area contributed by atoms with Gasteiger partial charge < -0.3 is 5.11 Å². The summed E-state index contributed by atoms with van der Waals surface area (Å²) in [6.07, 6.45) is 8.44. The van der Waals surface area contributed by atoms with Crippen molar-refractivity contribution in [3.05, 3.63) is 29.8 Å². The fourth-order valence-corrected chi connectivity index (χ4v) is 6.59. The number of carbonyl (C=O) groups is 1. The number of hydrogen-bond acceptors (Lipinski definition) is 3. The zero-order valence-corrected chi connectivity index (χ0v) is 14.5. The van der Waals surface area contributed by atoms with E-state index < -0.39 is 0 Å². The summed E-state index contributed by atoms with van der Waals surface area (Å²) in [5, 5.41) is 13.6. The number of benzene rings is 1. The van der Waals surface area contributed by atoms with Crippen molar-refractivity contribution in [1.29, 1.82) is 0 Å². The zero-order chi connectivity index (χ0) is 17.0. The second-order valence-corrected chi connectivity index (χ2v) is 9.20. The van der Waals surface area contributed by atoms with E-state index in [1.807, 2.05) is 6.07 Å². The Kier molecular flexibility index (Phi) is 3.32. The Balaban J connectivity index is 1.50. The first-order valence-electron chi connectivity index (χ1n) is 8.93. The first-order chi connectivity index (χ1) is 11.3. The Morgan fingerprint density at radius 1 is 1.21 bits per heavy atom. The molecule has 0 aliphatic heterocycles. The summed E-state index contributed by atoms with van der Waals surface area (Å²) in [6, 6.07) is 6.86. The van der Waals surface area contributed by atoms with Crippen LogP contribution in [0.3, 0.4) is 0 Å². The van der Waals surface area contributed by atoms with Gasteiger partial charge in [-0.05, 0) is 73.0 Å². The average Bonchev–Trinajstić information content (AvgIpc) is 2.43. The highest BCUT2D eigenvalue weighted by Gasteiger charge is 2.62. The van der Waals surface area contributed by atoms with Crippen molar-refractivity contribution in [2.75, 3.05) is 0 Å². The van der Waals surface area contributed by atoms with Gasteiger partial charge in [0.15, 0.2) is 0 Å². The highest BCUT2D eigenvalue weighted by Crippen LogP contribution is 2.69. The van der Waals surface area contributed by atoms with Crippen LogP contribution in [-0.4, -0.2) is 17.2 Å². The number of hydrazone groups is 1. The lowest BCUT2D eigenvalue weighted by Gasteiger charge is -2.64. The molecular weight excluding hydrogens is 300 g/mol. The molecule has 1 aromatic rings. The summed E-state index contributed by atoms with van der Waals surface area (Å²) in [4.78, 5) is 13.0. The van der Waals surface area contributed by atoms with Crippen molar-refractivity contribution >= 4 is 12.1 Å². The van der Waals surface area contributed by atoms with Gasteiger partial charge in [-0.2, -0.15) is 5.10 Å².